The predicted molar refractivity (Wildman–Crippen MR) is 142 cm³/mol. The highest BCUT2D eigenvalue weighted by molar-refractivity contribution is 7.10. The van der Waals surface area contributed by atoms with Gasteiger partial charge in [-0.25, -0.2) is 4.98 Å². The first-order valence-corrected chi connectivity index (χ1v) is 13.3. The molecule has 7 heteroatoms. The van der Waals surface area contributed by atoms with Crippen molar-refractivity contribution >= 4 is 35.2 Å². The summed E-state index contributed by atoms with van der Waals surface area (Å²) in [5, 5.41) is 24.4. The van der Waals surface area contributed by atoms with E-state index in [-0.39, 0.29) is 18.1 Å². The van der Waals surface area contributed by atoms with Crippen LogP contribution in [0, 0.1) is 17.3 Å². The summed E-state index contributed by atoms with van der Waals surface area (Å²) in [5.41, 5.74) is 1.61. The van der Waals surface area contributed by atoms with E-state index in [2.05, 4.69) is 24.6 Å². The van der Waals surface area contributed by atoms with E-state index in [4.69, 9.17) is 4.74 Å². The SMILES string of the molecule is C=Cc1nc(/C=C(\C)[C@@H]2C/C=C(/C)CCCC(C)[C@H](O)C(C)C(=O)C(C)(C)C(O)CC(=O)O2)cs1. The highest BCUT2D eigenvalue weighted by Gasteiger charge is 2.42. The number of thiazole rings is 1. The lowest BCUT2D eigenvalue weighted by Gasteiger charge is -2.34. The second kappa shape index (κ2) is 12.7. The zero-order valence-electron chi connectivity index (χ0n) is 21.9. The molecule has 6 nitrogen and oxygen atoms in total. The molecule has 194 valence electrons. The van der Waals surface area contributed by atoms with E-state index in [1.165, 1.54) is 16.9 Å². The molecular weight excluding hydrogens is 462 g/mol. The lowest BCUT2D eigenvalue weighted by atomic mass is 9.73. The van der Waals surface area contributed by atoms with Crippen molar-refractivity contribution in [3.63, 3.8) is 0 Å². The summed E-state index contributed by atoms with van der Waals surface area (Å²) in [6, 6.07) is 0. The van der Waals surface area contributed by atoms with Crippen LogP contribution in [0.15, 0.2) is 29.2 Å². The van der Waals surface area contributed by atoms with Crippen molar-refractivity contribution in [3.8, 4) is 0 Å². The molecule has 1 aliphatic heterocycles. The number of hydrogen-bond donors (Lipinski definition) is 2. The van der Waals surface area contributed by atoms with Crippen molar-refractivity contribution in [2.45, 2.75) is 92.0 Å². The van der Waals surface area contributed by atoms with Crippen LogP contribution in [-0.4, -0.2) is 45.3 Å². The Labute approximate surface area is 213 Å². The first-order chi connectivity index (χ1) is 16.4. The van der Waals surface area contributed by atoms with Crippen LogP contribution in [0.2, 0.25) is 0 Å². The van der Waals surface area contributed by atoms with Gasteiger partial charge in [0.15, 0.2) is 0 Å². The second-order valence-corrected chi connectivity index (χ2v) is 11.3. The molecule has 2 rings (SSSR count). The van der Waals surface area contributed by atoms with Gasteiger partial charge in [-0.05, 0) is 56.8 Å². The Morgan fingerprint density at radius 1 is 1.29 bits per heavy atom. The summed E-state index contributed by atoms with van der Waals surface area (Å²) in [6.07, 6.45) is 5.89. The largest absolute Gasteiger partial charge is 0.457 e. The van der Waals surface area contributed by atoms with E-state index < -0.39 is 35.6 Å². The highest BCUT2D eigenvalue weighted by atomic mass is 32.1. The molecule has 2 N–H and O–H groups in total. The number of aromatic nitrogens is 1. The summed E-state index contributed by atoms with van der Waals surface area (Å²) >= 11 is 1.49. The first kappa shape index (κ1) is 29.1. The monoisotopic (exact) mass is 503 g/mol. The van der Waals surface area contributed by atoms with Crippen LogP contribution in [0.5, 0.6) is 0 Å². The number of hydrogen-bond acceptors (Lipinski definition) is 7. The number of esters is 1. The molecule has 0 saturated carbocycles. The molecule has 35 heavy (non-hydrogen) atoms. The smallest absolute Gasteiger partial charge is 0.309 e. The average molecular weight is 504 g/mol. The summed E-state index contributed by atoms with van der Waals surface area (Å²) in [6.45, 7) is 14.6. The molecule has 3 unspecified atom stereocenters. The van der Waals surface area contributed by atoms with Crippen LogP contribution in [0.1, 0.15) is 84.3 Å². The third-order valence-electron chi connectivity index (χ3n) is 7.12. The number of aliphatic hydroxyl groups is 2. The maximum atomic E-state index is 13.2. The van der Waals surface area contributed by atoms with Crippen LogP contribution < -0.4 is 0 Å². The Morgan fingerprint density at radius 2 is 1.97 bits per heavy atom. The van der Waals surface area contributed by atoms with Gasteiger partial charge in [-0.2, -0.15) is 0 Å². The maximum absolute atomic E-state index is 13.2. The number of aliphatic hydroxyl groups excluding tert-OH is 2. The third kappa shape index (κ3) is 7.95. The van der Waals surface area contributed by atoms with Gasteiger partial charge < -0.3 is 14.9 Å². The number of ether oxygens (including phenoxy) is 1. The van der Waals surface area contributed by atoms with Gasteiger partial charge in [-0.15, -0.1) is 11.3 Å². The fourth-order valence-electron chi connectivity index (χ4n) is 4.42. The number of carbonyl (C=O) groups excluding carboxylic acids is 2. The highest BCUT2D eigenvalue weighted by Crippen LogP contribution is 2.32. The number of Topliss-reactive ketones (excluding diaryl/α,β-unsaturated/α-hetero) is 1. The van der Waals surface area contributed by atoms with Crippen LogP contribution >= 0.6 is 11.3 Å². The van der Waals surface area contributed by atoms with Gasteiger partial charge >= 0.3 is 5.97 Å². The van der Waals surface area contributed by atoms with Gasteiger partial charge in [0, 0.05) is 17.7 Å². The normalized spacial score (nSPS) is 31.4. The molecule has 1 aliphatic rings. The fourth-order valence-corrected chi connectivity index (χ4v) is 5.03. The molecule has 0 spiro atoms. The van der Waals surface area contributed by atoms with Crippen LogP contribution in [-0.2, 0) is 14.3 Å². The summed E-state index contributed by atoms with van der Waals surface area (Å²) in [7, 11) is 0. The Bertz CT molecular complexity index is 960. The van der Waals surface area contributed by atoms with Crippen molar-refractivity contribution in [1.29, 1.82) is 0 Å². The number of rotatable bonds is 3. The van der Waals surface area contributed by atoms with Crippen molar-refractivity contribution in [1.82, 2.24) is 4.98 Å². The summed E-state index contributed by atoms with van der Waals surface area (Å²) in [5.74, 6) is -1.52. The second-order valence-electron chi connectivity index (χ2n) is 10.4. The van der Waals surface area contributed by atoms with E-state index in [1.807, 2.05) is 25.3 Å². The van der Waals surface area contributed by atoms with Crippen molar-refractivity contribution in [2.24, 2.45) is 17.3 Å². The van der Waals surface area contributed by atoms with Gasteiger partial charge in [-0.3, -0.25) is 9.59 Å². The minimum absolute atomic E-state index is 0.0518. The average Bonchev–Trinajstić information content (AvgIpc) is 3.26. The zero-order valence-corrected chi connectivity index (χ0v) is 22.7. The molecule has 0 fully saturated rings. The summed E-state index contributed by atoms with van der Waals surface area (Å²) in [4.78, 5) is 30.5. The standard InChI is InChI=1S/C28H41NO5S/c1-8-24-29-21(16-35-24)14-19(4)22-13-12-17(2)10-9-11-18(3)26(32)20(5)27(33)28(6,7)23(30)15-25(31)34-22/h8,12,14,16,18,20,22-23,26,30,32H,1,9-11,13,15H2,2-7H3/b17-12-,19-14+/t18?,20?,22-,23?,26-/m0/s1. The number of nitrogens with zero attached hydrogens (tertiary/aromatic N) is 1. The molecule has 0 amide bonds. The Hall–Kier alpha value is -2.09. The minimum atomic E-state index is -1.23. The van der Waals surface area contributed by atoms with E-state index in [0.29, 0.717) is 6.42 Å². The van der Waals surface area contributed by atoms with E-state index in [1.54, 1.807) is 26.8 Å². The Balaban J connectivity index is 2.34. The van der Waals surface area contributed by atoms with E-state index in [0.717, 1.165) is 35.5 Å². The molecule has 0 bridgehead atoms. The number of carbonyl (C=O) groups is 2. The number of ketones is 1. The van der Waals surface area contributed by atoms with E-state index >= 15 is 0 Å². The lowest BCUT2D eigenvalue weighted by Crippen LogP contribution is -2.45. The number of allylic oxidation sites excluding steroid dienone is 1. The molecule has 1 aromatic rings. The molecule has 0 aliphatic carbocycles. The minimum Gasteiger partial charge on any atom is -0.457 e. The third-order valence-corrected chi connectivity index (χ3v) is 7.98. The summed E-state index contributed by atoms with van der Waals surface area (Å²) < 4.78 is 5.81. The number of cyclic esters (lactones) is 1. The van der Waals surface area contributed by atoms with Gasteiger partial charge in [0.1, 0.15) is 16.9 Å². The maximum Gasteiger partial charge on any atom is 0.309 e. The van der Waals surface area contributed by atoms with E-state index in [9.17, 15) is 19.8 Å². The zero-order chi connectivity index (χ0) is 26.3. The first-order valence-electron chi connectivity index (χ1n) is 12.4. The van der Waals surface area contributed by atoms with Crippen molar-refractivity contribution < 1.29 is 24.5 Å². The molecule has 0 aromatic carbocycles. The molecule has 0 radical (unpaired) electrons. The van der Waals surface area contributed by atoms with Gasteiger partial charge in [0.2, 0.25) is 0 Å². The quantitative estimate of drug-likeness (QED) is 0.412. The van der Waals surface area contributed by atoms with Crippen molar-refractivity contribution in [2.75, 3.05) is 0 Å². The van der Waals surface area contributed by atoms with Gasteiger partial charge in [0.05, 0.1) is 29.7 Å². The molecule has 0 saturated heterocycles. The van der Waals surface area contributed by atoms with Crippen LogP contribution in [0.4, 0.5) is 0 Å². The Morgan fingerprint density at radius 3 is 2.60 bits per heavy atom. The van der Waals surface area contributed by atoms with Gasteiger partial charge in [-0.1, -0.05) is 45.9 Å². The van der Waals surface area contributed by atoms with Gasteiger partial charge in [0.25, 0.3) is 0 Å². The van der Waals surface area contributed by atoms with Crippen molar-refractivity contribution in [3.05, 3.63) is 39.9 Å². The lowest BCUT2D eigenvalue weighted by molar-refractivity contribution is -0.154. The topological polar surface area (TPSA) is 96.7 Å². The van der Waals surface area contributed by atoms with Crippen LogP contribution in [0.3, 0.4) is 0 Å². The predicted octanol–water partition coefficient (Wildman–Crippen LogP) is 5.60. The fraction of sp³-hybridized carbons (Fsp3) is 0.607. The van der Waals surface area contributed by atoms with Crippen LogP contribution in [0.25, 0.3) is 12.2 Å². The molecule has 1 aromatic heterocycles. The molecule has 5 atom stereocenters. The molecular formula is C28H41NO5S. The Kier molecular flexibility index (Phi) is 10.6. The molecule has 2 heterocycles.